The molecule has 0 unspecified atom stereocenters. The molecule has 130 valence electrons. The molecule has 6 nitrogen and oxygen atoms in total. The highest BCUT2D eigenvalue weighted by atomic mass is 79.9. The van der Waals surface area contributed by atoms with Crippen molar-refractivity contribution in [2.75, 3.05) is 31.1 Å². The second-order valence-corrected chi connectivity index (χ2v) is 6.51. The van der Waals surface area contributed by atoms with E-state index in [-0.39, 0.29) is 17.2 Å². The topological polar surface area (TPSA) is 66.7 Å². The molecule has 0 radical (unpaired) electrons. The van der Waals surface area contributed by atoms with Crippen LogP contribution in [0.4, 0.5) is 15.8 Å². The first-order chi connectivity index (χ1) is 12.0. The summed E-state index contributed by atoms with van der Waals surface area (Å²) < 4.78 is 14.4. The predicted octanol–water partition coefficient (Wildman–Crippen LogP) is 3.46. The summed E-state index contributed by atoms with van der Waals surface area (Å²) in [5.41, 5.74) is 0.931. The molecule has 0 N–H and O–H groups in total. The second kappa shape index (κ2) is 7.18. The lowest BCUT2D eigenvalue weighted by molar-refractivity contribution is -0.384. The van der Waals surface area contributed by atoms with Crippen LogP contribution < -0.4 is 4.90 Å². The van der Waals surface area contributed by atoms with Crippen molar-refractivity contribution < 1.29 is 14.1 Å². The molecule has 0 spiro atoms. The van der Waals surface area contributed by atoms with Crippen molar-refractivity contribution in [1.82, 2.24) is 4.90 Å². The first-order valence-electron chi connectivity index (χ1n) is 7.70. The first kappa shape index (κ1) is 17.3. The van der Waals surface area contributed by atoms with Gasteiger partial charge in [-0.1, -0.05) is 12.1 Å². The zero-order valence-electron chi connectivity index (χ0n) is 13.2. The van der Waals surface area contributed by atoms with Gasteiger partial charge in [-0.2, -0.15) is 0 Å². The zero-order valence-corrected chi connectivity index (χ0v) is 14.8. The number of hydrogen-bond acceptors (Lipinski definition) is 4. The number of amides is 1. The summed E-state index contributed by atoms with van der Waals surface area (Å²) in [6.45, 7) is 2.04. The highest BCUT2D eigenvalue weighted by Gasteiger charge is 2.25. The Morgan fingerprint density at radius 3 is 2.40 bits per heavy atom. The molecule has 0 aliphatic carbocycles. The van der Waals surface area contributed by atoms with E-state index in [2.05, 4.69) is 15.9 Å². The molecular weight excluding hydrogens is 393 g/mol. The maximum Gasteiger partial charge on any atom is 0.270 e. The van der Waals surface area contributed by atoms with E-state index in [1.807, 2.05) is 4.90 Å². The summed E-state index contributed by atoms with van der Waals surface area (Å²) in [5.74, 6) is -0.839. The Bertz CT molecular complexity index is 823. The molecule has 0 saturated carbocycles. The lowest BCUT2D eigenvalue weighted by Crippen LogP contribution is -2.49. The molecule has 25 heavy (non-hydrogen) atoms. The van der Waals surface area contributed by atoms with Crippen LogP contribution in [-0.4, -0.2) is 41.9 Å². The molecule has 0 atom stereocenters. The van der Waals surface area contributed by atoms with Crippen LogP contribution in [0.5, 0.6) is 0 Å². The van der Waals surface area contributed by atoms with E-state index in [4.69, 9.17) is 0 Å². The van der Waals surface area contributed by atoms with Gasteiger partial charge < -0.3 is 9.80 Å². The Balaban J connectivity index is 1.69. The van der Waals surface area contributed by atoms with Gasteiger partial charge in [0.2, 0.25) is 0 Å². The largest absolute Gasteiger partial charge is 0.367 e. The van der Waals surface area contributed by atoms with Gasteiger partial charge in [0, 0.05) is 42.8 Å². The van der Waals surface area contributed by atoms with Crippen LogP contribution in [0.25, 0.3) is 0 Å². The maximum atomic E-state index is 13.8. The molecule has 1 saturated heterocycles. The standard InChI is InChI=1S/C17H15BrFN3O3/c18-14-11-12(22(24)25)5-6-16(14)20-7-9-21(10-8-20)17(23)13-3-1-2-4-15(13)19/h1-6,11H,7-10H2. The van der Waals surface area contributed by atoms with Crippen molar-refractivity contribution in [3.63, 3.8) is 0 Å². The fraction of sp³-hybridized carbons (Fsp3) is 0.235. The van der Waals surface area contributed by atoms with Crippen LogP contribution in [0.3, 0.4) is 0 Å². The zero-order chi connectivity index (χ0) is 18.0. The van der Waals surface area contributed by atoms with Crippen molar-refractivity contribution in [3.8, 4) is 0 Å². The molecule has 0 bridgehead atoms. The highest BCUT2D eigenvalue weighted by Crippen LogP contribution is 2.31. The van der Waals surface area contributed by atoms with E-state index in [1.54, 1.807) is 23.1 Å². The van der Waals surface area contributed by atoms with E-state index < -0.39 is 10.7 Å². The van der Waals surface area contributed by atoms with Gasteiger partial charge in [-0.25, -0.2) is 4.39 Å². The number of nitrogens with zero attached hydrogens (tertiary/aromatic N) is 3. The molecule has 8 heteroatoms. The Morgan fingerprint density at radius 2 is 1.80 bits per heavy atom. The monoisotopic (exact) mass is 407 g/mol. The van der Waals surface area contributed by atoms with Gasteiger partial charge in [-0.05, 0) is 34.1 Å². The number of non-ortho nitro benzene ring substituents is 1. The molecule has 2 aromatic rings. The van der Waals surface area contributed by atoms with Gasteiger partial charge in [0.1, 0.15) is 5.82 Å². The molecular formula is C17H15BrFN3O3. The molecule has 2 aromatic carbocycles. The van der Waals surface area contributed by atoms with E-state index in [1.165, 1.54) is 24.3 Å². The number of anilines is 1. The van der Waals surface area contributed by atoms with E-state index in [0.29, 0.717) is 30.7 Å². The minimum atomic E-state index is -0.520. The Hall–Kier alpha value is -2.48. The number of nitro benzene ring substituents is 1. The predicted molar refractivity (Wildman–Crippen MR) is 95.3 cm³/mol. The minimum absolute atomic E-state index is 0.0176. The SMILES string of the molecule is O=C(c1ccccc1F)N1CCN(c2ccc([N+](=O)[O-])cc2Br)CC1. The van der Waals surface area contributed by atoms with Gasteiger partial charge in [-0.15, -0.1) is 0 Å². The van der Waals surface area contributed by atoms with Crippen LogP contribution in [-0.2, 0) is 0 Å². The van der Waals surface area contributed by atoms with Crippen LogP contribution in [0.1, 0.15) is 10.4 Å². The molecule has 0 aromatic heterocycles. The summed E-state index contributed by atoms with van der Waals surface area (Å²) in [5, 5.41) is 10.8. The summed E-state index contributed by atoms with van der Waals surface area (Å²) in [4.78, 5) is 26.5. The third-order valence-corrected chi connectivity index (χ3v) is 4.79. The Kier molecular flexibility index (Phi) is 4.98. The van der Waals surface area contributed by atoms with Crippen molar-refractivity contribution in [1.29, 1.82) is 0 Å². The fourth-order valence-electron chi connectivity index (χ4n) is 2.82. The van der Waals surface area contributed by atoms with Crippen LogP contribution in [0.15, 0.2) is 46.9 Å². The third kappa shape index (κ3) is 3.63. The van der Waals surface area contributed by atoms with Crippen molar-refractivity contribution in [2.45, 2.75) is 0 Å². The number of carbonyl (C=O) groups excluding carboxylic acids is 1. The summed E-state index contributed by atoms with van der Waals surface area (Å²) in [6.07, 6.45) is 0. The lowest BCUT2D eigenvalue weighted by atomic mass is 10.1. The average Bonchev–Trinajstić information content (AvgIpc) is 2.61. The summed E-state index contributed by atoms with van der Waals surface area (Å²) in [7, 11) is 0. The fourth-order valence-corrected chi connectivity index (χ4v) is 3.44. The van der Waals surface area contributed by atoms with Crippen LogP contribution >= 0.6 is 15.9 Å². The molecule has 1 heterocycles. The second-order valence-electron chi connectivity index (χ2n) is 5.65. The van der Waals surface area contributed by atoms with Gasteiger partial charge >= 0.3 is 0 Å². The van der Waals surface area contributed by atoms with Crippen molar-refractivity contribution >= 4 is 33.2 Å². The number of rotatable bonds is 3. The number of nitro groups is 1. The van der Waals surface area contributed by atoms with Crippen LogP contribution in [0.2, 0.25) is 0 Å². The number of halogens is 2. The number of carbonyl (C=O) groups is 1. The summed E-state index contributed by atoms with van der Waals surface area (Å²) >= 11 is 3.37. The number of hydrogen-bond donors (Lipinski definition) is 0. The van der Waals surface area contributed by atoms with E-state index >= 15 is 0 Å². The maximum absolute atomic E-state index is 13.8. The van der Waals surface area contributed by atoms with Crippen molar-refractivity contribution in [3.05, 3.63) is 68.4 Å². The van der Waals surface area contributed by atoms with Crippen molar-refractivity contribution in [2.24, 2.45) is 0 Å². The van der Waals surface area contributed by atoms with E-state index in [0.717, 1.165) is 5.69 Å². The first-order valence-corrected chi connectivity index (χ1v) is 8.49. The minimum Gasteiger partial charge on any atom is -0.367 e. The Morgan fingerprint density at radius 1 is 1.12 bits per heavy atom. The normalized spacial score (nSPS) is 14.5. The molecule has 1 aliphatic rings. The molecule has 1 amide bonds. The van der Waals surface area contributed by atoms with Crippen LogP contribution in [0, 0.1) is 15.9 Å². The quantitative estimate of drug-likeness (QED) is 0.577. The van der Waals surface area contributed by atoms with Gasteiger partial charge in [0.25, 0.3) is 11.6 Å². The highest BCUT2D eigenvalue weighted by molar-refractivity contribution is 9.10. The molecule has 1 aliphatic heterocycles. The smallest absolute Gasteiger partial charge is 0.270 e. The number of piperazine rings is 1. The number of benzene rings is 2. The molecule has 1 fully saturated rings. The lowest BCUT2D eigenvalue weighted by Gasteiger charge is -2.36. The molecule has 3 rings (SSSR count). The van der Waals surface area contributed by atoms with Gasteiger partial charge in [0.05, 0.1) is 16.2 Å². The van der Waals surface area contributed by atoms with Gasteiger partial charge in [-0.3, -0.25) is 14.9 Å². The average molecular weight is 408 g/mol. The van der Waals surface area contributed by atoms with E-state index in [9.17, 15) is 19.3 Å². The Labute approximate surface area is 152 Å². The van der Waals surface area contributed by atoms with Gasteiger partial charge in [0.15, 0.2) is 0 Å². The third-order valence-electron chi connectivity index (χ3n) is 4.15. The summed E-state index contributed by atoms with van der Waals surface area (Å²) in [6, 6.07) is 10.6.